The minimum atomic E-state index is 0.871. The number of benzene rings is 1. The Morgan fingerprint density at radius 2 is 1.77 bits per heavy atom. The number of hydrogen-bond acceptors (Lipinski definition) is 5. The molecule has 1 saturated heterocycles. The van der Waals surface area contributed by atoms with Gasteiger partial charge in [-0.25, -0.2) is 9.97 Å². The molecule has 1 aliphatic rings. The van der Waals surface area contributed by atoms with Crippen molar-refractivity contribution in [3.63, 3.8) is 0 Å². The van der Waals surface area contributed by atoms with E-state index >= 15 is 0 Å². The van der Waals surface area contributed by atoms with Gasteiger partial charge < -0.3 is 4.90 Å². The first-order valence-corrected chi connectivity index (χ1v) is 10.1. The van der Waals surface area contributed by atoms with Gasteiger partial charge >= 0.3 is 0 Å². The largest absolute Gasteiger partial charge is 0.353 e. The van der Waals surface area contributed by atoms with Crippen LogP contribution >= 0.6 is 11.3 Å². The molecule has 5 heteroatoms. The van der Waals surface area contributed by atoms with E-state index in [1.165, 1.54) is 27.0 Å². The molecule has 0 unspecified atom stereocenters. The zero-order chi connectivity index (χ0) is 18.3. The van der Waals surface area contributed by atoms with E-state index in [2.05, 4.69) is 59.8 Å². The first-order valence-electron chi connectivity index (χ1n) is 9.28. The zero-order valence-electron chi connectivity index (χ0n) is 16.0. The van der Waals surface area contributed by atoms with E-state index in [0.29, 0.717) is 0 Å². The average molecular weight is 367 g/mol. The van der Waals surface area contributed by atoms with E-state index in [1.807, 2.05) is 6.92 Å². The smallest absolute Gasteiger partial charge is 0.141 e. The highest BCUT2D eigenvalue weighted by Gasteiger charge is 2.22. The van der Waals surface area contributed by atoms with Crippen LogP contribution in [-0.2, 0) is 6.54 Å². The van der Waals surface area contributed by atoms with Crippen LogP contribution in [0.2, 0.25) is 0 Å². The number of fused-ring (bicyclic) bond motifs is 1. The van der Waals surface area contributed by atoms with E-state index in [4.69, 9.17) is 4.98 Å². The van der Waals surface area contributed by atoms with Gasteiger partial charge in [0, 0.05) is 37.6 Å². The van der Waals surface area contributed by atoms with Crippen molar-refractivity contribution in [2.75, 3.05) is 31.1 Å². The van der Waals surface area contributed by atoms with E-state index in [0.717, 1.165) is 49.2 Å². The van der Waals surface area contributed by atoms with Crippen molar-refractivity contribution in [1.82, 2.24) is 14.9 Å². The summed E-state index contributed by atoms with van der Waals surface area (Å²) in [5.74, 6) is 2.00. The molecule has 2 aromatic heterocycles. The fraction of sp³-hybridized carbons (Fsp3) is 0.429. The molecule has 136 valence electrons. The monoisotopic (exact) mass is 366 g/mol. The molecule has 0 atom stereocenters. The van der Waals surface area contributed by atoms with Crippen LogP contribution < -0.4 is 4.90 Å². The first-order chi connectivity index (χ1) is 12.5. The Morgan fingerprint density at radius 3 is 2.50 bits per heavy atom. The van der Waals surface area contributed by atoms with Gasteiger partial charge in [0.05, 0.1) is 5.39 Å². The second-order valence-corrected chi connectivity index (χ2v) is 8.51. The highest BCUT2D eigenvalue weighted by Crippen LogP contribution is 2.35. The quantitative estimate of drug-likeness (QED) is 0.694. The summed E-state index contributed by atoms with van der Waals surface area (Å²) in [6.45, 7) is 13.8. The van der Waals surface area contributed by atoms with E-state index in [9.17, 15) is 0 Å². The summed E-state index contributed by atoms with van der Waals surface area (Å²) in [5, 5.41) is 1.25. The average Bonchev–Trinajstić information content (AvgIpc) is 2.89. The molecule has 0 bridgehead atoms. The van der Waals surface area contributed by atoms with Crippen molar-refractivity contribution >= 4 is 27.4 Å². The molecule has 4 nitrogen and oxygen atoms in total. The van der Waals surface area contributed by atoms with Gasteiger partial charge in [-0.15, -0.1) is 11.3 Å². The van der Waals surface area contributed by atoms with Gasteiger partial charge in [0.15, 0.2) is 0 Å². The standard InChI is InChI=1S/C21H26N4S/c1-14-6-5-7-18(12-14)13-24-8-10-25(11-9-24)20-19-15(2)16(3)26-21(19)23-17(4)22-20/h5-7,12H,8-11,13H2,1-4H3. The predicted molar refractivity (Wildman–Crippen MR) is 110 cm³/mol. The number of rotatable bonds is 3. The summed E-state index contributed by atoms with van der Waals surface area (Å²) >= 11 is 1.79. The maximum Gasteiger partial charge on any atom is 0.141 e. The van der Waals surface area contributed by atoms with E-state index in [-0.39, 0.29) is 0 Å². The molecule has 0 N–H and O–H groups in total. The minimum Gasteiger partial charge on any atom is -0.353 e. The maximum absolute atomic E-state index is 4.82. The molecule has 0 aliphatic carbocycles. The van der Waals surface area contributed by atoms with Gasteiger partial charge in [0.25, 0.3) is 0 Å². The third-order valence-corrected chi connectivity index (χ3v) is 6.38. The fourth-order valence-corrected chi connectivity index (χ4v) is 4.82. The second kappa shape index (κ2) is 6.97. The Hall–Kier alpha value is -1.98. The van der Waals surface area contributed by atoms with Gasteiger partial charge in [-0.05, 0) is 38.8 Å². The van der Waals surface area contributed by atoms with Gasteiger partial charge in [0.1, 0.15) is 16.5 Å². The highest BCUT2D eigenvalue weighted by molar-refractivity contribution is 7.18. The number of aromatic nitrogens is 2. The van der Waals surface area contributed by atoms with Gasteiger partial charge in [-0.2, -0.15) is 0 Å². The number of aryl methyl sites for hydroxylation is 4. The molecule has 1 fully saturated rings. The summed E-state index contributed by atoms with van der Waals surface area (Å²) in [4.78, 5) is 17.0. The normalized spacial score (nSPS) is 15.8. The summed E-state index contributed by atoms with van der Waals surface area (Å²) in [5.41, 5.74) is 4.08. The van der Waals surface area contributed by atoms with Gasteiger partial charge in [-0.3, -0.25) is 4.90 Å². The minimum absolute atomic E-state index is 0.871. The lowest BCUT2D eigenvalue weighted by molar-refractivity contribution is 0.249. The van der Waals surface area contributed by atoms with Crippen LogP contribution in [0.15, 0.2) is 24.3 Å². The lowest BCUT2D eigenvalue weighted by atomic mass is 10.1. The van der Waals surface area contributed by atoms with Crippen LogP contribution in [0, 0.1) is 27.7 Å². The molecule has 0 saturated carbocycles. The van der Waals surface area contributed by atoms with Gasteiger partial charge in [-0.1, -0.05) is 29.8 Å². The Bertz CT molecular complexity index is 939. The number of hydrogen-bond donors (Lipinski definition) is 0. The number of anilines is 1. The SMILES string of the molecule is Cc1cccc(CN2CCN(c3nc(C)nc4sc(C)c(C)c34)CC2)c1. The fourth-order valence-electron chi connectivity index (χ4n) is 3.75. The van der Waals surface area contributed by atoms with E-state index < -0.39 is 0 Å². The Balaban J connectivity index is 1.52. The molecular formula is C21H26N4S. The summed E-state index contributed by atoms with van der Waals surface area (Å²) in [7, 11) is 0. The lowest BCUT2D eigenvalue weighted by Crippen LogP contribution is -2.46. The van der Waals surface area contributed by atoms with Crippen LogP contribution in [-0.4, -0.2) is 41.0 Å². The molecule has 0 spiro atoms. The van der Waals surface area contributed by atoms with Crippen LogP contribution in [0.25, 0.3) is 10.2 Å². The van der Waals surface area contributed by atoms with Crippen molar-refractivity contribution in [3.8, 4) is 0 Å². The maximum atomic E-state index is 4.82. The third kappa shape index (κ3) is 3.33. The molecule has 1 aliphatic heterocycles. The topological polar surface area (TPSA) is 32.3 Å². The molecule has 0 radical (unpaired) electrons. The number of piperazine rings is 1. The lowest BCUT2D eigenvalue weighted by Gasteiger charge is -2.36. The number of thiophene rings is 1. The molecule has 0 amide bonds. The molecule has 3 aromatic rings. The molecule has 4 rings (SSSR count). The Labute approximate surface area is 159 Å². The summed E-state index contributed by atoms with van der Waals surface area (Å²) in [6, 6.07) is 8.84. The van der Waals surface area contributed by atoms with Crippen molar-refractivity contribution in [2.45, 2.75) is 34.2 Å². The zero-order valence-corrected chi connectivity index (χ0v) is 16.9. The molecular weight excluding hydrogens is 340 g/mol. The van der Waals surface area contributed by atoms with E-state index in [1.54, 1.807) is 11.3 Å². The summed E-state index contributed by atoms with van der Waals surface area (Å²) in [6.07, 6.45) is 0. The third-order valence-electron chi connectivity index (χ3n) is 5.28. The van der Waals surface area contributed by atoms with Crippen molar-refractivity contribution in [1.29, 1.82) is 0 Å². The van der Waals surface area contributed by atoms with Crippen LogP contribution in [0.3, 0.4) is 0 Å². The van der Waals surface area contributed by atoms with Crippen LogP contribution in [0.1, 0.15) is 27.4 Å². The van der Waals surface area contributed by atoms with Crippen molar-refractivity contribution in [2.24, 2.45) is 0 Å². The molecule has 3 heterocycles. The Morgan fingerprint density at radius 1 is 1.00 bits per heavy atom. The first kappa shape index (κ1) is 17.4. The Kier molecular flexibility index (Phi) is 4.67. The van der Waals surface area contributed by atoms with Gasteiger partial charge in [0.2, 0.25) is 0 Å². The number of nitrogens with zero attached hydrogens (tertiary/aromatic N) is 4. The van der Waals surface area contributed by atoms with Crippen LogP contribution in [0.5, 0.6) is 0 Å². The highest BCUT2D eigenvalue weighted by atomic mass is 32.1. The predicted octanol–water partition coefficient (Wildman–Crippen LogP) is 4.25. The van der Waals surface area contributed by atoms with Crippen LogP contribution in [0.4, 0.5) is 5.82 Å². The molecule has 1 aromatic carbocycles. The molecule has 26 heavy (non-hydrogen) atoms. The second-order valence-electron chi connectivity index (χ2n) is 7.31. The van der Waals surface area contributed by atoms with Crippen molar-refractivity contribution in [3.05, 3.63) is 51.7 Å². The van der Waals surface area contributed by atoms with Crippen molar-refractivity contribution < 1.29 is 0 Å². The summed E-state index contributed by atoms with van der Waals surface area (Å²) < 4.78 is 0.